The van der Waals surface area contributed by atoms with Gasteiger partial charge in [0.25, 0.3) is 5.91 Å². The number of hydrogen-bond donors (Lipinski definition) is 2. The molecular weight excluding hydrogens is 202 g/mol. The predicted molar refractivity (Wildman–Crippen MR) is 56.6 cm³/mol. The fraction of sp³-hybridized carbons (Fsp3) is 0.444. The summed E-state index contributed by atoms with van der Waals surface area (Å²) in [6, 6.07) is 2.20. The number of carbonyl (C=O) groups is 1. The summed E-state index contributed by atoms with van der Waals surface area (Å²) in [5.74, 6) is 0.694. The highest BCUT2D eigenvalue weighted by Crippen LogP contribution is 2.29. The second-order valence-electron chi connectivity index (χ2n) is 3.46. The Morgan fingerprint density at radius 1 is 1.77 bits per heavy atom. The number of nitrogens with one attached hydrogen (secondary N) is 1. The van der Waals surface area contributed by atoms with Crippen molar-refractivity contribution in [1.29, 1.82) is 0 Å². The molecule has 1 aromatic heterocycles. The molecule has 1 N–H and O–H groups in total. The monoisotopic (exact) mass is 213 g/mol. The molecule has 2 unspecified atom stereocenters. The molecule has 1 aromatic rings. The van der Waals surface area contributed by atoms with E-state index in [9.17, 15) is 4.79 Å². The average Bonchev–Trinajstić information content (AvgIpc) is 2.62. The van der Waals surface area contributed by atoms with Crippen LogP contribution in [0.25, 0.3) is 0 Å². The van der Waals surface area contributed by atoms with Crippen LogP contribution < -0.4 is 5.32 Å². The third-order valence-electron chi connectivity index (χ3n) is 2.24. The van der Waals surface area contributed by atoms with Gasteiger partial charge in [0, 0.05) is 16.3 Å². The molecule has 0 saturated heterocycles. The Morgan fingerprint density at radius 2 is 2.46 bits per heavy atom. The Kier molecular flexibility index (Phi) is 2.34. The van der Waals surface area contributed by atoms with Gasteiger partial charge in [0.1, 0.15) is 0 Å². The standard InChI is InChI=1S/C9H11NOS2/c1-5-2-7(5)10-9(11)8-3-6(12)4-13-8/h3-5,7,12H,2H2,1H3,(H,10,11). The normalized spacial score (nSPS) is 25.7. The van der Waals surface area contributed by atoms with E-state index in [1.165, 1.54) is 11.3 Å². The number of thiophene rings is 1. The SMILES string of the molecule is CC1CC1NC(=O)c1cc(S)cs1. The summed E-state index contributed by atoms with van der Waals surface area (Å²) in [7, 11) is 0. The first-order chi connectivity index (χ1) is 6.16. The Labute approximate surface area is 86.8 Å². The van der Waals surface area contributed by atoms with Gasteiger partial charge in [-0.2, -0.15) is 0 Å². The molecule has 70 valence electrons. The second kappa shape index (κ2) is 3.35. The summed E-state index contributed by atoms with van der Waals surface area (Å²) in [4.78, 5) is 13.1. The topological polar surface area (TPSA) is 29.1 Å². The lowest BCUT2D eigenvalue weighted by molar-refractivity contribution is 0.0953. The smallest absolute Gasteiger partial charge is 0.261 e. The second-order valence-corrected chi connectivity index (χ2v) is 4.89. The Hall–Kier alpha value is -0.480. The third kappa shape index (κ3) is 2.06. The quantitative estimate of drug-likeness (QED) is 0.724. The number of thiol groups is 1. The van der Waals surface area contributed by atoms with Crippen molar-refractivity contribution in [3.05, 3.63) is 16.3 Å². The lowest BCUT2D eigenvalue weighted by Crippen LogP contribution is -2.25. The van der Waals surface area contributed by atoms with E-state index in [1.807, 2.05) is 5.38 Å². The third-order valence-corrected chi connectivity index (χ3v) is 3.60. The minimum absolute atomic E-state index is 0.0413. The zero-order chi connectivity index (χ0) is 9.42. The van der Waals surface area contributed by atoms with Crippen LogP contribution in [0, 0.1) is 5.92 Å². The molecular formula is C9H11NOS2. The van der Waals surface area contributed by atoms with Gasteiger partial charge >= 0.3 is 0 Å². The van der Waals surface area contributed by atoms with Gasteiger partial charge in [-0.1, -0.05) is 6.92 Å². The van der Waals surface area contributed by atoms with Gasteiger partial charge in [-0.05, 0) is 18.4 Å². The molecule has 0 radical (unpaired) electrons. The van der Waals surface area contributed by atoms with Gasteiger partial charge in [-0.15, -0.1) is 24.0 Å². The highest BCUT2D eigenvalue weighted by atomic mass is 32.1. The molecule has 1 amide bonds. The molecule has 0 bridgehead atoms. The van der Waals surface area contributed by atoms with E-state index in [1.54, 1.807) is 6.07 Å². The minimum Gasteiger partial charge on any atom is -0.348 e. The van der Waals surface area contributed by atoms with Crippen LogP contribution >= 0.6 is 24.0 Å². The fourth-order valence-electron chi connectivity index (χ4n) is 1.21. The number of amides is 1. The van der Waals surface area contributed by atoms with Crippen molar-refractivity contribution < 1.29 is 4.79 Å². The molecule has 2 rings (SSSR count). The maximum Gasteiger partial charge on any atom is 0.261 e. The lowest BCUT2D eigenvalue weighted by Gasteiger charge is -1.99. The molecule has 0 aliphatic heterocycles. The molecule has 4 heteroatoms. The van der Waals surface area contributed by atoms with Crippen molar-refractivity contribution in [1.82, 2.24) is 5.32 Å². The Morgan fingerprint density at radius 3 is 2.92 bits per heavy atom. The van der Waals surface area contributed by atoms with Crippen molar-refractivity contribution in [3.63, 3.8) is 0 Å². The predicted octanol–water partition coefficient (Wildman–Crippen LogP) is 2.17. The van der Waals surface area contributed by atoms with E-state index < -0.39 is 0 Å². The Balaban J connectivity index is 1.97. The highest BCUT2D eigenvalue weighted by Gasteiger charge is 2.34. The summed E-state index contributed by atoms with van der Waals surface area (Å²) in [6.07, 6.45) is 1.12. The first-order valence-electron chi connectivity index (χ1n) is 4.25. The van der Waals surface area contributed by atoms with Crippen molar-refractivity contribution in [2.24, 2.45) is 5.92 Å². The van der Waals surface area contributed by atoms with Gasteiger partial charge in [0.15, 0.2) is 0 Å². The highest BCUT2D eigenvalue weighted by molar-refractivity contribution is 7.80. The summed E-state index contributed by atoms with van der Waals surface area (Å²) in [5.41, 5.74) is 0. The van der Waals surface area contributed by atoms with E-state index in [2.05, 4.69) is 24.9 Å². The largest absolute Gasteiger partial charge is 0.348 e. The van der Waals surface area contributed by atoms with E-state index in [0.29, 0.717) is 12.0 Å². The molecule has 2 atom stereocenters. The van der Waals surface area contributed by atoms with E-state index in [-0.39, 0.29) is 5.91 Å². The molecule has 2 nitrogen and oxygen atoms in total. The molecule has 1 saturated carbocycles. The first kappa shape index (κ1) is 9.09. The minimum atomic E-state index is 0.0413. The zero-order valence-corrected chi connectivity index (χ0v) is 8.99. The van der Waals surface area contributed by atoms with Gasteiger partial charge in [-0.3, -0.25) is 4.79 Å². The first-order valence-corrected chi connectivity index (χ1v) is 5.58. The van der Waals surface area contributed by atoms with Crippen LogP contribution in [0.2, 0.25) is 0 Å². The molecule has 1 fully saturated rings. The van der Waals surface area contributed by atoms with Crippen LogP contribution in [-0.2, 0) is 0 Å². The summed E-state index contributed by atoms with van der Waals surface area (Å²) >= 11 is 5.59. The van der Waals surface area contributed by atoms with Crippen molar-refractivity contribution in [2.75, 3.05) is 0 Å². The number of hydrogen-bond acceptors (Lipinski definition) is 3. The maximum absolute atomic E-state index is 11.5. The molecule has 1 heterocycles. The van der Waals surface area contributed by atoms with Crippen LogP contribution in [0.4, 0.5) is 0 Å². The van der Waals surface area contributed by atoms with Gasteiger partial charge in [0.2, 0.25) is 0 Å². The van der Waals surface area contributed by atoms with Crippen molar-refractivity contribution >= 4 is 29.9 Å². The summed E-state index contributed by atoms with van der Waals surface area (Å²) in [5, 5.41) is 4.84. The molecule has 0 spiro atoms. The summed E-state index contributed by atoms with van der Waals surface area (Å²) < 4.78 is 0. The van der Waals surface area contributed by atoms with E-state index in [0.717, 1.165) is 16.2 Å². The van der Waals surface area contributed by atoms with Crippen molar-refractivity contribution in [2.45, 2.75) is 24.3 Å². The molecule has 13 heavy (non-hydrogen) atoms. The van der Waals surface area contributed by atoms with Crippen LogP contribution in [-0.4, -0.2) is 11.9 Å². The van der Waals surface area contributed by atoms with Gasteiger partial charge in [-0.25, -0.2) is 0 Å². The van der Waals surface area contributed by atoms with E-state index >= 15 is 0 Å². The molecule has 0 aromatic carbocycles. The average molecular weight is 213 g/mol. The zero-order valence-electron chi connectivity index (χ0n) is 7.28. The lowest BCUT2D eigenvalue weighted by atomic mass is 10.4. The van der Waals surface area contributed by atoms with Crippen molar-refractivity contribution in [3.8, 4) is 0 Å². The molecule has 1 aliphatic rings. The van der Waals surface area contributed by atoms with Crippen LogP contribution in [0.15, 0.2) is 16.3 Å². The van der Waals surface area contributed by atoms with E-state index in [4.69, 9.17) is 0 Å². The summed E-state index contributed by atoms with van der Waals surface area (Å²) in [6.45, 7) is 2.14. The van der Waals surface area contributed by atoms with Crippen LogP contribution in [0.3, 0.4) is 0 Å². The van der Waals surface area contributed by atoms with Gasteiger partial charge < -0.3 is 5.32 Å². The van der Waals surface area contributed by atoms with Crippen LogP contribution in [0.1, 0.15) is 23.0 Å². The maximum atomic E-state index is 11.5. The molecule has 1 aliphatic carbocycles. The Bertz CT molecular complexity index is 334. The number of carbonyl (C=O) groups excluding carboxylic acids is 1. The van der Waals surface area contributed by atoms with Gasteiger partial charge in [0.05, 0.1) is 4.88 Å². The fourth-order valence-corrected chi connectivity index (χ4v) is 2.26. The number of rotatable bonds is 2. The van der Waals surface area contributed by atoms with Crippen LogP contribution in [0.5, 0.6) is 0 Å².